The summed E-state index contributed by atoms with van der Waals surface area (Å²) < 4.78 is 0. The highest BCUT2D eigenvalue weighted by molar-refractivity contribution is 5.79. The van der Waals surface area contributed by atoms with E-state index in [-0.39, 0.29) is 5.91 Å². The molecule has 0 aliphatic carbocycles. The number of likely N-dealkylation sites (N-methyl/N-ethyl adjacent to an activating group) is 1. The number of aromatic nitrogens is 2. The van der Waals surface area contributed by atoms with Gasteiger partial charge in [-0.1, -0.05) is 24.3 Å². The number of nitrogens with zero attached hydrogens (tertiary/aromatic N) is 4. The van der Waals surface area contributed by atoms with Crippen LogP contribution in [0.4, 0.5) is 5.82 Å². The van der Waals surface area contributed by atoms with Crippen molar-refractivity contribution < 1.29 is 4.79 Å². The third-order valence-electron chi connectivity index (χ3n) is 4.86. The van der Waals surface area contributed by atoms with E-state index in [1.165, 1.54) is 5.56 Å². The maximum absolute atomic E-state index is 12.6. The van der Waals surface area contributed by atoms with Crippen LogP contribution in [0.15, 0.2) is 36.5 Å². The monoisotopic (exact) mass is 339 g/mol. The van der Waals surface area contributed by atoms with Crippen LogP contribution in [0, 0.1) is 6.92 Å². The van der Waals surface area contributed by atoms with E-state index < -0.39 is 0 Å². The SMILES string of the molecule is Cc1ccccc1CC(=O)N1CC[C@@H](N(C)Cc2nccc(N)n2)C1. The lowest BCUT2D eigenvalue weighted by Gasteiger charge is -2.24. The molecule has 2 aromatic rings. The van der Waals surface area contributed by atoms with Crippen LogP contribution in [-0.2, 0) is 17.8 Å². The second-order valence-electron chi connectivity index (χ2n) is 6.70. The maximum atomic E-state index is 12.6. The van der Waals surface area contributed by atoms with Gasteiger partial charge in [-0.3, -0.25) is 9.69 Å². The molecule has 1 saturated heterocycles. The first-order valence-corrected chi connectivity index (χ1v) is 8.63. The minimum atomic E-state index is 0.199. The topological polar surface area (TPSA) is 75.4 Å². The van der Waals surface area contributed by atoms with Crippen molar-refractivity contribution in [2.75, 3.05) is 25.9 Å². The third-order valence-corrected chi connectivity index (χ3v) is 4.86. The molecule has 0 spiro atoms. The predicted molar refractivity (Wildman–Crippen MR) is 97.8 cm³/mol. The average molecular weight is 339 g/mol. The zero-order valence-corrected chi connectivity index (χ0v) is 14.9. The molecule has 1 amide bonds. The van der Waals surface area contributed by atoms with Crippen LogP contribution in [0.2, 0.25) is 0 Å². The lowest BCUT2D eigenvalue weighted by Crippen LogP contribution is -2.37. The molecular formula is C19H25N5O. The van der Waals surface area contributed by atoms with Crippen molar-refractivity contribution in [2.45, 2.75) is 32.4 Å². The van der Waals surface area contributed by atoms with Gasteiger partial charge in [0.2, 0.25) is 5.91 Å². The fourth-order valence-electron chi connectivity index (χ4n) is 3.25. The molecule has 6 heteroatoms. The summed E-state index contributed by atoms with van der Waals surface area (Å²) in [6.07, 6.45) is 3.12. The van der Waals surface area contributed by atoms with Crippen molar-refractivity contribution in [3.63, 3.8) is 0 Å². The zero-order chi connectivity index (χ0) is 17.8. The number of nitrogens with two attached hydrogens (primary N) is 1. The van der Waals surface area contributed by atoms with Crippen molar-refractivity contribution in [2.24, 2.45) is 0 Å². The van der Waals surface area contributed by atoms with Gasteiger partial charge < -0.3 is 10.6 Å². The number of carbonyl (C=O) groups is 1. The van der Waals surface area contributed by atoms with E-state index in [4.69, 9.17) is 5.73 Å². The van der Waals surface area contributed by atoms with E-state index in [9.17, 15) is 4.79 Å². The first-order valence-electron chi connectivity index (χ1n) is 8.63. The van der Waals surface area contributed by atoms with E-state index in [1.54, 1.807) is 12.3 Å². The minimum absolute atomic E-state index is 0.199. The molecule has 1 aliphatic heterocycles. The summed E-state index contributed by atoms with van der Waals surface area (Å²) in [7, 11) is 2.05. The normalized spacial score (nSPS) is 17.2. The second-order valence-corrected chi connectivity index (χ2v) is 6.70. The Kier molecular flexibility index (Phi) is 5.28. The smallest absolute Gasteiger partial charge is 0.227 e. The van der Waals surface area contributed by atoms with Gasteiger partial charge in [-0.25, -0.2) is 9.97 Å². The number of nitrogen functional groups attached to an aromatic ring is 1. The summed E-state index contributed by atoms with van der Waals surface area (Å²) in [5.41, 5.74) is 7.99. The first-order chi connectivity index (χ1) is 12.0. The van der Waals surface area contributed by atoms with Crippen LogP contribution >= 0.6 is 0 Å². The molecule has 1 atom stereocenters. The van der Waals surface area contributed by atoms with Crippen molar-refractivity contribution in [3.8, 4) is 0 Å². The number of anilines is 1. The Labute approximate surface area is 148 Å². The Hall–Kier alpha value is -2.47. The number of hydrogen-bond acceptors (Lipinski definition) is 5. The molecule has 25 heavy (non-hydrogen) atoms. The molecule has 1 aliphatic rings. The van der Waals surface area contributed by atoms with E-state index >= 15 is 0 Å². The highest BCUT2D eigenvalue weighted by Crippen LogP contribution is 2.18. The molecule has 0 unspecified atom stereocenters. The molecule has 0 saturated carbocycles. The van der Waals surface area contributed by atoms with Gasteiger partial charge in [0.1, 0.15) is 11.6 Å². The molecule has 2 heterocycles. The summed E-state index contributed by atoms with van der Waals surface area (Å²) in [6, 6.07) is 10.1. The van der Waals surface area contributed by atoms with Crippen molar-refractivity contribution in [1.82, 2.24) is 19.8 Å². The minimum Gasteiger partial charge on any atom is -0.384 e. The number of carbonyl (C=O) groups excluding carboxylic acids is 1. The van der Waals surface area contributed by atoms with E-state index in [1.807, 2.05) is 30.1 Å². The number of aryl methyl sites for hydroxylation is 1. The molecule has 1 aromatic carbocycles. The van der Waals surface area contributed by atoms with Crippen molar-refractivity contribution in [3.05, 3.63) is 53.5 Å². The Morgan fingerprint density at radius 3 is 2.92 bits per heavy atom. The van der Waals surface area contributed by atoms with Crippen LogP contribution < -0.4 is 5.73 Å². The predicted octanol–water partition coefficient (Wildman–Crippen LogP) is 1.64. The molecule has 1 aromatic heterocycles. The fourth-order valence-corrected chi connectivity index (χ4v) is 3.25. The average Bonchev–Trinajstić information content (AvgIpc) is 3.07. The van der Waals surface area contributed by atoms with Gasteiger partial charge in [-0.15, -0.1) is 0 Å². The Morgan fingerprint density at radius 2 is 2.16 bits per heavy atom. The summed E-state index contributed by atoms with van der Waals surface area (Å²) in [6.45, 7) is 4.24. The number of likely N-dealkylation sites (tertiary alicyclic amines) is 1. The van der Waals surface area contributed by atoms with E-state index in [0.717, 1.165) is 25.1 Å². The third kappa shape index (κ3) is 4.33. The largest absolute Gasteiger partial charge is 0.384 e. The van der Waals surface area contributed by atoms with Crippen LogP contribution in [0.5, 0.6) is 0 Å². The van der Waals surface area contributed by atoms with Gasteiger partial charge in [-0.2, -0.15) is 0 Å². The summed E-state index contributed by atoms with van der Waals surface area (Å²) >= 11 is 0. The summed E-state index contributed by atoms with van der Waals surface area (Å²) in [4.78, 5) is 25.3. The van der Waals surface area contributed by atoms with Crippen molar-refractivity contribution >= 4 is 11.7 Å². The first kappa shape index (κ1) is 17.4. The van der Waals surface area contributed by atoms with Gasteiger partial charge in [0.05, 0.1) is 13.0 Å². The quantitative estimate of drug-likeness (QED) is 0.896. The lowest BCUT2D eigenvalue weighted by molar-refractivity contribution is -0.129. The van der Waals surface area contributed by atoms with Gasteiger partial charge in [0, 0.05) is 25.3 Å². The number of rotatable bonds is 5. The Bertz CT molecular complexity index is 748. The van der Waals surface area contributed by atoms with Crippen LogP contribution in [-0.4, -0.2) is 51.9 Å². The molecule has 1 fully saturated rings. The molecule has 0 radical (unpaired) electrons. The van der Waals surface area contributed by atoms with Gasteiger partial charge >= 0.3 is 0 Å². The Balaban J connectivity index is 1.55. The highest BCUT2D eigenvalue weighted by atomic mass is 16.2. The van der Waals surface area contributed by atoms with Gasteiger partial charge in [-0.05, 0) is 37.6 Å². The van der Waals surface area contributed by atoms with E-state index in [2.05, 4.69) is 27.9 Å². The van der Waals surface area contributed by atoms with Gasteiger partial charge in [0.25, 0.3) is 0 Å². The number of benzene rings is 1. The van der Waals surface area contributed by atoms with E-state index in [0.29, 0.717) is 30.6 Å². The molecule has 132 valence electrons. The summed E-state index contributed by atoms with van der Waals surface area (Å²) in [5.74, 6) is 1.40. The molecule has 2 N–H and O–H groups in total. The van der Waals surface area contributed by atoms with Crippen LogP contribution in [0.3, 0.4) is 0 Å². The second kappa shape index (κ2) is 7.61. The lowest BCUT2D eigenvalue weighted by atomic mass is 10.1. The highest BCUT2D eigenvalue weighted by Gasteiger charge is 2.29. The van der Waals surface area contributed by atoms with Gasteiger partial charge in [0.15, 0.2) is 0 Å². The standard InChI is InChI=1S/C19H25N5O/c1-14-5-3-4-6-15(14)11-19(25)24-10-8-16(12-24)23(2)13-18-21-9-7-17(20)22-18/h3-7,9,16H,8,10-13H2,1-2H3,(H2,20,21,22)/t16-/m1/s1. The zero-order valence-electron chi connectivity index (χ0n) is 14.9. The molecule has 6 nitrogen and oxygen atoms in total. The van der Waals surface area contributed by atoms with Crippen LogP contribution in [0.1, 0.15) is 23.4 Å². The van der Waals surface area contributed by atoms with Crippen molar-refractivity contribution in [1.29, 1.82) is 0 Å². The maximum Gasteiger partial charge on any atom is 0.227 e. The Morgan fingerprint density at radius 1 is 1.36 bits per heavy atom. The number of amides is 1. The summed E-state index contributed by atoms with van der Waals surface area (Å²) in [5, 5.41) is 0. The van der Waals surface area contributed by atoms with Crippen LogP contribution in [0.25, 0.3) is 0 Å². The number of hydrogen-bond donors (Lipinski definition) is 1. The molecule has 0 bridgehead atoms. The molecular weight excluding hydrogens is 314 g/mol. The fraction of sp³-hybridized carbons (Fsp3) is 0.421. The molecule has 3 rings (SSSR count).